The van der Waals surface area contributed by atoms with Crippen molar-refractivity contribution in [3.8, 4) is 6.07 Å². The van der Waals surface area contributed by atoms with E-state index in [1.165, 1.54) is 36.0 Å². The minimum absolute atomic E-state index is 0.105. The van der Waals surface area contributed by atoms with Crippen LogP contribution in [0.4, 0.5) is 0 Å². The van der Waals surface area contributed by atoms with E-state index in [4.69, 9.17) is 0 Å². The molecule has 2 rings (SSSR count). The normalized spacial score (nSPS) is 26.9. The molecule has 102 valence electrons. The van der Waals surface area contributed by atoms with Crippen molar-refractivity contribution in [3.63, 3.8) is 0 Å². The lowest BCUT2D eigenvalue weighted by Crippen LogP contribution is -2.28. The lowest BCUT2D eigenvalue weighted by Gasteiger charge is -2.35. The summed E-state index contributed by atoms with van der Waals surface area (Å²) in [5.74, 6) is 0.848. The van der Waals surface area contributed by atoms with Crippen molar-refractivity contribution in [1.82, 2.24) is 0 Å². The van der Waals surface area contributed by atoms with E-state index in [0.29, 0.717) is 0 Å². The number of hydrogen-bond donors (Lipinski definition) is 0. The van der Waals surface area contributed by atoms with E-state index in [0.717, 1.165) is 25.2 Å². The van der Waals surface area contributed by atoms with Crippen molar-refractivity contribution < 1.29 is 0 Å². The Morgan fingerprint density at radius 3 is 2.21 bits per heavy atom. The first-order valence-corrected chi connectivity index (χ1v) is 7.55. The second kappa shape index (κ2) is 5.78. The molecule has 19 heavy (non-hydrogen) atoms. The molecular weight excluding hydrogens is 230 g/mol. The third-order valence-corrected chi connectivity index (χ3v) is 4.70. The summed E-state index contributed by atoms with van der Waals surface area (Å²) in [6.45, 7) is 6.56. The van der Waals surface area contributed by atoms with E-state index < -0.39 is 0 Å². The lowest BCUT2D eigenvalue weighted by molar-refractivity contribution is 0.205. The minimum atomic E-state index is -0.105. The topological polar surface area (TPSA) is 23.8 Å². The fourth-order valence-corrected chi connectivity index (χ4v) is 3.53. The first-order chi connectivity index (χ1) is 9.07. The van der Waals surface area contributed by atoms with Crippen LogP contribution in [0.2, 0.25) is 0 Å². The first-order valence-electron chi connectivity index (χ1n) is 7.55. The van der Waals surface area contributed by atoms with Crippen LogP contribution in [0, 0.1) is 36.5 Å². The SMILES string of the molecule is CCC1CCC(C#N)(Cc2cc(C)cc(C)c2)CC1. The minimum Gasteiger partial charge on any atom is -0.198 e. The second-order valence-electron chi connectivity index (χ2n) is 6.42. The number of nitriles is 1. The molecule has 1 nitrogen and oxygen atoms in total. The van der Waals surface area contributed by atoms with Gasteiger partial charge >= 0.3 is 0 Å². The predicted octanol–water partition coefficient (Wildman–Crippen LogP) is 4.96. The molecule has 0 amide bonds. The van der Waals surface area contributed by atoms with Crippen LogP contribution >= 0.6 is 0 Å². The van der Waals surface area contributed by atoms with Crippen molar-refractivity contribution in [2.45, 2.75) is 59.3 Å². The van der Waals surface area contributed by atoms with Crippen molar-refractivity contribution in [3.05, 3.63) is 34.9 Å². The molecule has 0 saturated heterocycles. The molecule has 1 aliphatic rings. The number of benzene rings is 1. The van der Waals surface area contributed by atoms with Gasteiger partial charge in [-0.05, 0) is 57.4 Å². The second-order valence-corrected chi connectivity index (χ2v) is 6.42. The van der Waals surface area contributed by atoms with Crippen molar-refractivity contribution in [1.29, 1.82) is 5.26 Å². The smallest absolute Gasteiger partial charge is 0.0693 e. The Kier molecular flexibility index (Phi) is 4.30. The molecule has 1 heteroatoms. The van der Waals surface area contributed by atoms with Crippen LogP contribution in [0.15, 0.2) is 18.2 Å². The Bertz CT molecular complexity index is 453. The van der Waals surface area contributed by atoms with Crippen LogP contribution in [0.3, 0.4) is 0 Å². The molecule has 1 saturated carbocycles. The van der Waals surface area contributed by atoms with Gasteiger partial charge in [0, 0.05) is 0 Å². The average molecular weight is 255 g/mol. The lowest BCUT2D eigenvalue weighted by atomic mass is 9.68. The fraction of sp³-hybridized carbons (Fsp3) is 0.611. The maximum absolute atomic E-state index is 9.65. The van der Waals surface area contributed by atoms with Gasteiger partial charge < -0.3 is 0 Å². The zero-order valence-corrected chi connectivity index (χ0v) is 12.5. The van der Waals surface area contributed by atoms with Crippen molar-refractivity contribution >= 4 is 0 Å². The maximum atomic E-state index is 9.65. The van der Waals surface area contributed by atoms with E-state index in [1.54, 1.807) is 0 Å². The largest absolute Gasteiger partial charge is 0.198 e. The number of aryl methyl sites for hydroxylation is 2. The van der Waals surface area contributed by atoms with Gasteiger partial charge in [-0.3, -0.25) is 0 Å². The monoisotopic (exact) mass is 255 g/mol. The van der Waals surface area contributed by atoms with Crippen LogP contribution in [0.25, 0.3) is 0 Å². The zero-order valence-electron chi connectivity index (χ0n) is 12.5. The Hall–Kier alpha value is -1.29. The maximum Gasteiger partial charge on any atom is 0.0693 e. The number of hydrogen-bond acceptors (Lipinski definition) is 1. The summed E-state index contributed by atoms with van der Waals surface area (Å²) in [4.78, 5) is 0. The van der Waals surface area contributed by atoms with E-state index in [2.05, 4.69) is 45.0 Å². The van der Waals surface area contributed by atoms with E-state index in [9.17, 15) is 5.26 Å². The van der Waals surface area contributed by atoms with E-state index in [1.807, 2.05) is 0 Å². The molecular formula is C18H25N. The molecule has 1 aromatic rings. The van der Waals surface area contributed by atoms with Gasteiger partial charge in [-0.1, -0.05) is 42.7 Å². The van der Waals surface area contributed by atoms with Gasteiger partial charge in [0.15, 0.2) is 0 Å². The summed E-state index contributed by atoms with van der Waals surface area (Å²) in [5.41, 5.74) is 3.86. The van der Waals surface area contributed by atoms with Gasteiger partial charge in [-0.2, -0.15) is 5.26 Å². The van der Waals surface area contributed by atoms with Gasteiger partial charge in [-0.15, -0.1) is 0 Å². The molecule has 0 heterocycles. The van der Waals surface area contributed by atoms with Crippen LogP contribution in [0.5, 0.6) is 0 Å². The van der Waals surface area contributed by atoms with Crippen molar-refractivity contribution in [2.24, 2.45) is 11.3 Å². The van der Waals surface area contributed by atoms with Crippen LogP contribution < -0.4 is 0 Å². The molecule has 0 aliphatic heterocycles. The molecule has 0 N–H and O–H groups in total. The summed E-state index contributed by atoms with van der Waals surface area (Å²) in [6, 6.07) is 9.35. The number of nitrogens with zero attached hydrogens (tertiary/aromatic N) is 1. The molecule has 0 radical (unpaired) electrons. The standard InChI is InChI=1S/C18H25N/c1-4-16-5-7-18(13-19,8-6-16)12-17-10-14(2)9-15(3)11-17/h9-11,16H,4-8,12H2,1-3H3. The summed E-state index contributed by atoms with van der Waals surface area (Å²) in [5, 5.41) is 9.65. The highest BCUT2D eigenvalue weighted by Gasteiger charge is 2.35. The molecule has 0 atom stereocenters. The van der Waals surface area contributed by atoms with Gasteiger partial charge in [0.1, 0.15) is 0 Å². The van der Waals surface area contributed by atoms with Gasteiger partial charge in [0.05, 0.1) is 11.5 Å². The summed E-state index contributed by atoms with van der Waals surface area (Å²) >= 11 is 0. The highest BCUT2D eigenvalue weighted by Crippen LogP contribution is 2.42. The Morgan fingerprint density at radius 1 is 1.16 bits per heavy atom. The van der Waals surface area contributed by atoms with Crippen LogP contribution in [0.1, 0.15) is 55.7 Å². The molecule has 1 aromatic carbocycles. The molecule has 0 aromatic heterocycles. The van der Waals surface area contributed by atoms with Gasteiger partial charge in [0.2, 0.25) is 0 Å². The van der Waals surface area contributed by atoms with Gasteiger partial charge in [-0.25, -0.2) is 0 Å². The molecule has 0 unspecified atom stereocenters. The molecule has 1 fully saturated rings. The molecule has 0 spiro atoms. The Morgan fingerprint density at radius 2 is 1.74 bits per heavy atom. The van der Waals surface area contributed by atoms with E-state index >= 15 is 0 Å². The Labute approximate surface area is 117 Å². The summed E-state index contributed by atoms with van der Waals surface area (Å²) in [6.07, 6.45) is 6.82. The third-order valence-electron chi connectivity index (χ3n) is 4.70. The van der Waals surface area contributed by atoms with Crippen molar-refractivity contribution in [2.75, 3.05) is 0 Å². The highest BCUT2D eigenvalue weighted by molar-refractivity contribution is 5.30. The predicted molar refractivity (Wildman–Crippen MR) is 79.9 cm³/mol. The third kappa shape index (κ3) is 3.38. The Balaban J connectivity index is 2.13. The van der Waals surface area contributed by atoms with Gasteiger partial charge in [0.25, 0.3) is 0 Å². The number of rotatable bonds is 3. The first kappa shape index (κ1) is 14.1. The molecule has 0 bridgehead atoms. The zero-order chi connectivity index (χ0) is 13.9. The average Bonchev–Trinajstić information content (AvgIpc) is 2.38. The molecule has 1 aliphatic carbocycles. The quantitative estimate of drug-likeness (QED) is 0.749. The summed E-state index contributed by atoms with van der Waals surface area (Å²) < 4.78 is 0. The summed E-state index contributed by atoms with van der Waals surface area (Å²) in [7, 11) is 0. The van der Waals surface area contributed by atoms with Crippen LogP contribution in [-0.2, 0) is 6.42 Å². The fourth-order valence-electron chi connectivity index (χ4n) is 3.53. The van der Waals surface area contributed by atoms with E-state index in [-0.39, 0.29) is 5.41 Å². The highest BCUT2D eigenvalue weighted by atomic mass is 14.4. The van der Waals surface area contributed by atoms with Crippen LogP contribution in [-0.4, -0.2) is 0 Å².